The zero-order valence-electron chi connectivity index (χ0n) is 12.2. The molecule has 2 aromatic rings. The summed E-state index contributed by atoms with van der Waals surface area (Å²) < 4.78 is 20.2. The molecular formula is C16H17ClFNO3. The first-order valence-corrected chi connectivity index (χ1v) is 7.64. The van der Waals surface area contributed by atoms with Gasteiger partial charge in [-0.25, -0.2) is 4.39 Å². The molecule has 3 rings (SSSR count). The Hall–Kier alpha value is -1.75. The number of hydrogen-bond donors (Lipinski definition) is 1. The number of benzene rings is 1. The second-order valence-corrected chi connectivity index (χ2v) is 5.86. The Labute approximate surface area is 132 Å². The quantitative estimate of drug-likeness (QED) is 0.930. The summed E-state index contributed by atoms with van der Waals surface area (Å²) in [6, 6.07) is 3.44. The molecule has 1 heterocycles. The lowest BCUT2D eigenvalue weighted by Crippen LogP contribution is -2.19. The third kappa shape index (κ3) is 2.15. The van der Waals surface area contributed by atoms with Gasteiger partial charge in [0.15, 0.2) is 0 Å². The number of ether oxygens (including phenoxy) is 1. The minimum atomic E-state index is -0.859. The molecule has 1 aliphatic carbocycles. The average molecular weight is 326 g/mol. The van der Waals surface area contributed by atoms with Gasteiger partial charge in [0.25, 0.3) is 0 Å². The van der Waals surface area contributed by atoms with E-state index in [-0.39, 0.29) is 6.54 Å². The summed E-state index contributed by atoms with van der Waals surface area (Å²) in [6.07, 6.45) is 2.08. The number of fused-ring (bicyclic) bond motifs is 3. The Kier molecular flexibility index (Phi) is 4.00. The number of aromatic nitrogens is 1. The molecule has 6 heteroatoms. The molecule has 1 atom stereocenters. The van der Waals surface area contributed by atoms with Gasteiger partial charge in [-0.05, 0) is 37.0 Å². The van der Waals surface area contributed by atoms with Crippen molar-refractivity contribution in [2.75, 3.05) is 13.8 Å². The predicted molar refractivity (Wildman–Crippen MR) is 82.8 cm³/mol. The molecule has 0 saturated heterocycles. The van der Waals surface area contributed by atoms with Crippen LogP contribution in [0, 0.1) is 0 Å². The zero-order chi connectivity index (χ0) is 15.9. The normalized spacial score (nSPS) is 17.5. The number of aryl methyl sites for hydroxylation is 1. The summed E-state index contributed by atoms with van der Waals surface area (Å²) in [7, 11) is 1.54. The standard InChI is InChI=1S/C16H17ClFNO3/c1-22-12-6-5-10(17)15-14(12)13-9(16(20)21)3-2-4-11(13)19(15)8-7-18/h5-6,9H,2-4,7-8H2,1H3,(H,20,21). The van der Waals surface area contributed by atoms with E-state index in [2.05, 4.69) is 0 Å². The molecule has 0 radical (unpaired) electrons. The molecule has 22 heavy (non-hydrogen) atoms. The van der Waals surface area contributed by atoms with Gasteiger partial charge in [-0.15, -0.1) is 0 Å². The van der Waals surface area contributed by atoms with Crippen LogP contribution in [0.2, 0.25) is 5.02 Å². The van der Waals surface area contributed by atoms with Crippen LogP contribution in [0.1, 0.15) is 30.0 Å². The molecule has 0 saturated carbocycles. The van der Waals surface area contributed by atoms with Crippen molar-refractivity contribution < 1.29 is 19.0 Å². The Morgan fingerprint density at radius 1 is 1.55 bits per heavy atom. The maximum Gasteiger partial charge on any atom is 0.311 e. The highest BCUT2D eigenvalue weighted by Crippen LogP contribution is 2.45. The molecule has 0 amide bonds. The summed E-state index contributed by atoms with van der Waals surface area (Å²) in [5, 5.41) is 10.8. The molecule has 0 aliphatic heterocycles. The van der Waals surface area contributed by atoms with Crippen LogP contribution in [0.25, 0.3) is 10.9 Å². The number of carboxylic acid groups (broad SMARTS) is 1. The number of alkyl halides is 1. The number of rotatable bonds is 4. The summed E-state index contributed by atoms with van der Waals surface area (Å²) in [5.74, 6) is -0.872. The van der Waals surface area contributed by atoms with Crippen molar-refractivity contribution in [2.45, 2.75) is 31.7 Å². The number of methoxy groups -OCH3 is 1. The van der Waals surface area contributed by atoms with Crippen LogP contribution in [-0.4, -0.2) is 29.4 Å². The first-order valence-electron chi connectivity index (χ1n) is 7.26. The Balaban J connectivity index is 2.42. The smallest absolute Gasteiger partial charge is 0.311 e. The number of aliphatic carboxylic acids is 1. The van der Waals surface area contributed by atoms with Crippen molar-refractivity contribution >= 4 is 28.5 Å². The first-order chi connectivity index (χ1) is 10.6. The molecule has 0 fully saturated rings. The number of carboxylic acids is 1. The van der Waals surface area contributed by atoms with Crippen molar-refractivity contribution in [3.63, 3.8) is 0 Å². The van der Waals surface area contributed by atoms with Gasteiger partial charge in [0.05, 0.1) is 30.1 Å². The molecule has 118 valence electrons. The van der Waals surface area contributed by atoms with E-state index < -0.39 is 18.6 Å². The number of hydrogen-bond acceptors (Lipinski definition) is 2. The molecule has 1 N–H and O–H groups in total. The molecular weight excluding hydrogens is 309 g/mol. The minimum Gasteiger partial charge on any atom is -0.496 e. The van der Waals surface area contributed by atoms with Crippen LogP contribution in [0.4, 0.5) is 4.39 Å². The van der Waals surface area contributed by atoms with Gasteiger partial charge in [0.2, 0.25) is 0 Å². The molecule has 1 aromatic heterocycles. The van der Waals surface area contributed by atoms with E-state index in [0.29, 0.717) is 28.1 Å². The zero-order valence-corrected chi connectivity index (χ0v) is 13.0. The minimum absolute atomic E-state index is 0.172. The summed E-state index contributed by atoms with van der Waals surface area (Å²) in [4.78, 5) is 11.7. The number of carbonyl (C=O) groups is 1. The van der Waals surface area contributed by atoms with Gasteiger partial charge in [0.1, 0.15) is 12.4 Å². The number of nitrogens with zero attached hydrogens (tertiary/aromatic N) is 1. The van der Waals surface area contributed by atoms with Crippen LogP contribution in [-0.2, 0) is 17.8 Å². The second-order valence-electron chi connectivity index (χ2n) is 5.46. The third-order valence-corrected chi connectivity index (χ3v) is 4.65. The van der Waals surface area contributed by atoms with Gasteiger partial charge < -0.3 is 14.4 Å². The monoisotopic (exact) mass is 325 g/mol. The predicted octanol–water partition coefficient (Wildman–Crippen LogP) is 3.78. The molecule has 1 aliphatic rings. The highest BCUT2D eigenvalue weighted by molar-refractivity contribution is 6.35. The Bertz CT molecular complexity index is 741. The van der Waals surface area contributed by atoms with Crippen molar-refractivity contribution in [1.82, 2.24) is 4.57 Å². The molecule has 4 nitrogen and oxygen atoms in total. The maximum absolute atomic E-state index is 13.0. The first kappa shape index (κ1) is 15.2. The van der Waals surface area contributed by atoms with E-state index in [0.717, 1.165) is 24.1 Å². The van der Waals surface area contributed by atoms with Crippen molar-refractivity contribution in [3.05, 3.63) is 28.4 Å². The van der Waals surface area contributed by atoms with E-state index >= 15 is 0 Å². The fourth-order valence-corrected chi connectivity index (χ4v) is 3.77. The Morgan fingerprint density at radius 2 is 2.32 bits per heavy atom. The summed E-state index contributed by atoms with van der Waals surface area (Å²) in [5.41, 5.74) is 2.29. The van der Waals surface area contributed by atoms with E-state index in [1.807, 2.05) is 4.57 Å². The van der Waals surface area contributed by atoms with Gasteiger partial charge in [-0.3, -0.25) is 4.79 Å². The van der Waals surface area contributed by atoms with Gasteiger partial charge >= 0.3 is 5.97 Å². The van der Waals surface area contributed by atoms with Gasteiger partial charge in [-0.2, -0.15) is 0 Å². The molecule has 1 unspecified atom stereocenters. The van der Waals surface area contributed by atoms with Gasteiger partial charge in [0, 0.05) is 11.1 Å². The van der Waals surface area contributed by atoms with E-state index in [1.54, 1.807) is 19.2 Å². The van der Waals surface area contributed by atoms with Crippen molar-refractivity contribution in [3.8, 4) is 5.75 Å². The third-order valence-electron chi connectivity index (χ3n) is 4.35. The van der Waals surface area contributed by atoms with Crippen molar-refractivity contribution in [2.24, 2.45) is 0 Å². The highest BCUT2D eigenvalue weighted by Gasteiger charge is 2.33. The van der Waals surface area contributed by atoms with Crippen LogP contribution in [0.15, 0.2) is 12.1 Å². The van der Waals surface area contributed by atoms with Crippen molar-refractivity contribution in [1.29, 1.82) is 0 Å². The molecule has 0 spiro atoms. The largest absolute Gasteiger partial charge is 0.496 e. The lowest BCUT2D eigenvalue weighted by Gasteiger charge is -2.21. The van der Waals surface area contributed by atoms with E-state index in [1.165, 1.54) is 0 Å². The van der Waals surface area contributed by atoms with Crippen LogP contribution in [0.3, 0.4) is 0 Å². The molecule has 0 bridgehead atoms. The Morgan fingerprint density at radius 3 is 2.95 bits per heavy atom. The SMILES string of the molecule is COc1ccc(Cl)c2c1c1c(n2CCF)CCCC1C(=O)O. The topological polar surface area (TPSA) is 51.5 Å². The fraction of sp³-hybridized carbons (Fsp3) is 0.438. The summed E-state index contributed by atoms with van der Waals surface area (Å²) in [6.45, 7) is -0.355. The van der Waals surface area contributed by atoms with Crippen LogP contribution < -0.4 is 4.74 Å². The lowest BCUT2D eigenvalue weighted by atomic mass is 9.85. The highest BCUT2D eigenvalue weighted by atomic mass is 35.5. The van der Waals surface area contributed by atoms with E-state index in [4.69, 9.17) is 16.3 Å². The fourth-order valence-electron chi connectivity index (χ4n) is 3.51. The second kappa shape index (κ2) is 5.80. The lowest BCUT2D eigenvalue weighted by molar-refractivity contribution is -0.139. The molecule has 1 aromatic carbocycles. The number of halogens is 2. The average Bonchev–Trinajstić information content (AvgIpc) is 2.84. The summed E-state index contributed by atoms with van der Waals surface area (Å²) >= 11 is 6.33. The van der Waals surface area contributed by atoms with Crippen LogP contribution >= 0.6 is 11.6 Å². The van der Waals surface area contributed by atoms with Crippen LogP contribution in [0.5, 0.6) is 5.75 Å². The van der Waals surface area contributed by atoms with Gasteiger partial charge in [-0.1, -0.05) is 11.6 Å². The maximum atomic E-state index is 13.0. The van der Waals surface area contributed by atoms with E-state index in [9.17, 15) is 14.3 Å².